The zero-order valence-electron chi connectivity index (χ0n) is 8.85. The number of halogens is 4. The smallest absolute Gasteiger partial charge is 0.338 e. The molecule has 0 saturated heterocycles. The standard InChI is InChI=1S/C10H13BrF3NO/c1-2-8(11)9(16)15-5-3-7(4-6-15)10(12,13)14/h3,8H,2,4-6H2,1H3. The van der Waals surface area contributed by atoms with Crippen LogP contribution in [0.25, 0.3) is 0 Å². The second kappa shape index (κ2) is 5.21. The summed E-state index contributed by atoms with van der Waals surface area (Å²) in [5.74, 6) is -0.139. The first-order valence-electron chi connectivity index (χ1n) is 5.05. The van der Waals surface area contributed by atoms with Crippen LogP contribution in [0.4, 0.5) is 13.2 Å². The molecule has 0 aromatic heterocycles. The van der Waals surface area contributed by atoms with E-state index in [2.05, 4.69) is 15.9 Å². The maximum absolute atomic E-state index is 12.3. The number of carbonyl (C=O) groups is 1. The van der Waals surface area contributed by atoms with Gasteiger partial charge in [0.05, 0.1) is 4.83 Å². The van der Waals surface area contributed by atoms with Gasteiger partial charge >= 0.3 is 6.18 Å². The summed E-state index contributed by atoms with van der Waals surface area (Å²) in [5.41, 5.74) is -0.529. The lowest BCUT2D eigenvalue weighted by Gasteiger charge is -2.28. The number of amides is 1. The predicted molar refractivity (Wildman–Crippen MR) is 58.3 cm³/mol. The molecule has 0 aromatic carbocycles. The normalized spacial score (nSPS) is 19.3. The van der Waals surface area contributed by atoms with Crippen molar-refractivity contribution in [3.63, 3.8) is 0 Å². The van der Waals surface area contributed by atoms with Crippen LogP contribution in [0.5, 0.6) is 0 Å². The van der Waals surface area contributed by atoms with Crippen LogP contribution in [0.2, 0.25) is 0 Å². The summed E-state index contributed by atoms with van der Waals surface area (Å²) in [4.78, 5) is 12.8. The molecule has 1 unspecified atom stereocenters. The lowest BCUT2D eigenvalue weighted by atomic mass is 10.1. The maximum atomic E-state index is 12.3. The first-order chi connectivity index (χ1) is 7.36. The molecule has 1 aliphatic rings. The lowest BCUT2D eigenvalue weighted by molar-refractivity contribution is -0.131. The largest absolute Gasteiger partial charge is 0.412 e. The monoisotopic (exact) mass is 299 g/mol. The summed E-state index contributed by atoms with van der Waals surface area (Å²) in [6.45, 7) is 2.04. The van der Waals surface area contributed by atoms with Gasteiger partial charge in [-0.2, -0.15) is 13.2 Å². The number of nitrogens with zero attached hydrogens (tertiary/aromatic N) is 1. The van der Waals surface area contributed by atoms with Crippen molar-refractivity contribution in [1.29, 1.82) is 0 Å². The van der Waals surface area contributed by atoms with Gasteiger partial charge in [0, 0.05) is 18.7 Å². The molecule has 6 heteroatoms. The van der Waals surface area contributed by atoms with Crippen LogP contribution in [-0.4, -0.2) is 34.9 Å². The minimum absolute atomic E-state index is 0.0514. The Hall–Kier alpha value is -0.520. The molecule has 0 saturated carbocycles. The first-order valence-corrected chi connectivity index (χ1v) is 5.97. The summed E-state index contributed by atoms with van der Waals surface area (Å²) < 4.78 is 36.9. The number of rotatable bonds is 2. The Morgan fingerprint density at radius 1 is 1.62 bits per heavy atom. The van der Waals surface area contributed by atoms with Gasteiger partial charge in [0.2, 0.25) is 5.91 Å². The van der Waals surface area contributed by atoms with E-state index in [1.807, 2.05) is 6.92 Å². The van der Waals surface area contributed by atoms with E-state index in [4.69, 9.17) is 0 Å². The number of hydrogen-bond acceptors (Lipinski definition) is 1. The van der Waals surface area contributed by atoms with Gasteiger partial charge in [0.15, 0.2) is 0 Å². The third-order valence-corrected chi connectivity index (χ3v) is 3.55. The summed E-state index contributed by atoms with van der Waals surface area (Å²) in [5, 5.41) is 0. The molecule has 0 N–H and O–H groups in total. The van der Waals surface area contributed by atoms with E-state index < -0.39 is 11.7 Å². The molecule has 0 aliphatic carbocycles. The van der Waals surface area contributed by atoms with Crippen molar-refractivity contribution in [1.82, 2.24) is 4.90 Å². The van der Waals surface area contributed by atoms with Crippen molar-refractivity contribution in [3.05, 3.63) is 11.6 Å². The molecule has 16 heavy (non-hydrogen) atoms. The number of carbonyl (C=O) groups excluding carboxylic acids is 1. The molecule has 1 rings (SSSR count). The van der Waals surface area contributed by atoms with Gasteiger partial charge < -0.3 is 4.90 Å². The molecular formula is C10H13BrF3NO. The van der Waals surface area contributed by atoms with Crippen LogP contribution >= 0.6 is 15.9 Å². The molecule has 1 atom stereocenters. The maximum Gasteiger partial charge on any atom is 0.412 e. The fourth-order valence-electron chi connectivity index (χ4n) is 1.50. The SMILES string of the molecule is CCC(Br)C(=O)N1CC=C(C(F)(F)F)CC1. The molecule has 1 amide bonds. The van der Waals surface area contributed by atoms with Crippen LogP contribution < -0.4 is 0 Å². The Morgan fingerprint density at radius 3 is 2.62 bits per heavy atom. The van der Waals surface area contributed by atoms with Gasteiger partial charge in [-0.1, -0.05) is 28.9 Å². The Kier molecular flexibility index (Phi) is 4.41. The molecule has 0 spiro atoms. The van der Waals surface area contributed by atoms with E-state index in [1.54, 1.807) is 0 Å². The van der Waals surface area contributed by atoms with Crippen LogP contribution in [0.3, 0.4) is 0 Å². The zero-order chi connectivity index (χ0) is 12.3. The summed E-state index contributed by atoms with van der Waals surface area (Å²) in [6, 6.07) is 0. The third-order valence-electron chi connectivity index (χ3n) is 2.51. The highest BCUT2D eigenvalue weighted by atomic mass is 79.9. The van der Waals surface area contributed by atoms with Crippen molar-refractivity contribution in [2.75, 3.05) is 13.1 Å². The summed E-state index contributed by atoms with van der Waals surface area (Å²) in [6.07, 6.45) is -2.64. The lowest BCUT2D eigenvalue weighted by Crippen LogP contribution is -2.40. The third kappa shape index (κ3) is 3.23. The second-order valence-corrected chi connectivity index (χ2v) is 4.74. The first kappa shape index (κ1) is 13.5. The van der Waals surface area contributed by atoms with Gasteiger partial charge in [-0.05, 0) is 12.8 Å². The Morgan fingerprint density at radius 2 is 2.25 bits per heavy atom. The van der Waals surface area contributed by atoms with Crippen molar-refractivity contribution < 1.29 is 18.0 Å². The van der Waals surface area contributed by atoms with E-state index in [0.717, 1.165) is 6.08 Å². The molecule has 0 fully saturated rings. The van der Waals surface area contributed by atoms with Crippen LogP contribution in [-0.2, 0) is 4.79 Å². The molecule has 1 heterocycles. The molecule has 2 nitrogen and oxygen atoms in total. The second-order valence-electron chi connectivity index (χ2n) is 3.64. The predicted octanol–water partition coefficient (Wildman–Crippen LogP) is 2.88. The van der Waals surface area contributed by atoms with Crippen molar-refractivity contribution >= 4 is 21.8 Å². The van der Waals surface area contributed by atoms with Crippen LogP contribution in [0.15, 0.2) is 11.6 Å². The Balaban J connectivity index is 2.61. The Bertz CT molecular complexity index is 301. The van der Waals surface area contributed by atoms with Gasteiger partial charge in [0.1, 0.15) is 0 Å². The number of hydrogen-bond donors (Lipinski definition) is 0. The topological polar surface area (TPSA) is 20.3 Å². The van der Waals surface area contributed by atoms with E-state index in [-0.39, 0.29) is 30.2 Å². The van der Waals surface area contributed by atoms with Crippen LogP contribution in [0, 0.1) is 0 Å². The van der Waals surface area contributed by atoms with Crippen molar-refractivity contribution in [2.45, 2.75) is 30.8 Å². The minimum atomic E-state index is -4.26. The van der Waals surface area contributed by atoms with Gasteiger partial charge in [-0.25, -0.2) is 0 Å². The van der Waals surface area contributed by atoms with E-state index >= 15 is 0 Å². The molecule has 0 aromatic rings. The quantitative estimate of drug-likeness (QED) is 0.567. The average molecular weight is 300 g/mol. The van der Waals surface area contributed by atoms with E-state index in [0.29, 0.717) is 6.42 Å². The molecular weight excluding hydrogens is 287 g/mol. The summed E-state index contributed by atoms with van der Waals surface area (Å²) in [7, 11) is 0. The fraction of sp³-hybridized carbons (Fsp3) is 0.700. The molecule has 0 radical (unpaired) electrons. The van der Waals surface area contributed by atoms with Crippen molar-refractivity contribution in [3.8, 4) is 0 Å². The van der Waals surface area contributed by atoms with E-state index in [9.17, 15) is 18.0 Å². The van der Waals surface area contributed by atoms with Crippen molar-refractivity contribution in [2.24, 2.45) is 0 Å². The molecule has 0 bridgehead atoms. The van der Waals surface area contributed by atoms with Gasteiger partial charge in [-0.15, -0.1) is 0 Å². The average Bonchev–Trinajstić information content (AvgIpc) is 2.26. The zero-order valence-corrected chi connectivity index (χ0v) is 10.4. The highest BCUT2D eigenvalue weighted by Crippen LogP contribution is 2.30. The molecule has 1 aliphatic heterocycles. The van der Waals surface area contributed by atoms with E-state index in [1.165, 1.54) is 4.90 Å². The highest BCUT2D eigenvalue weighted by Gasteiger charge is 2.35. The van der Waals surface area contributed by atoms with Gasteiger partial charge in [-0.3, -0.25) is 4.79 Å². The molecule has 92 valence electrons. The van der Waals surface area contributed by atoms with Crippen LogP contribution in [0.1, 0.15) is 19.8 Å². The Labute approximate surface area is 101 Å². The highest BCUT2D eigenvalue weighted by molar-refractivity contribution is 9.10. The number of alkyl halides is 4. The fourth-order valence-corrected chi connectivity index (χ4v) is 1.79. The van der Waals surface area contributed by atoms with Gasteiger partial charge in [0.25, 0.3) is 0 Å². The summed E-state index contributed by atoms with van der Waals surface area (Å²) >= 11 is 3.20. The minimum Gasteiger partial charge on any atom is -0.338 e.